The van der Waals surface area contributed by atoms with Gasteiger partial charge in [-0.2, -0.15) is 0 Å². The van der Waals surface area contributed by atoms with E-state index in [1.54, 1.807) is 20.8 Å². The van der Waals surface area contributed by atoms with Crippen LogP contribution in [-0.2, 0) is 9.59 Å². The Balaban J connectivity index is 4.69. The lowest BCUT2D eigenvalue weighted by Gasteiger charge is -2.33. The van der Waals surface area contributed by atoms with Crippen molar-refractivity contribution in [3.8, 4) is 0 Å². The molecule has 0 aromatic carbocycles. The van der Waals surface area contributed by atoms with E-state index < -0.39 is 16.9 Å². The molecule has 2 atom stereocenters. The minimum Gasteiger partial charge on any atom is -0.391 e. The Morgan fingerprint density at radius 3 is 2.16 bits per heavy atom. The molecule has 0 rings (SSSR count). The number of nitrogens with two attached hydrogens (primary N) is 1. The second-order valence-electron chi connectivity index (χ2n) is 6.11. The van der Waals surface area contributed by atoms with Crippen LogP contribution in [0.15, 0.2) is 0 Å². The number of hydrogen-bond donors (Lipinski definition) is 3. The van der Waals surface area contributed by atoms with Gasteiger partial charge in [0.15, 0.2) is 0 Å². The number of aliphatic hydroxyl groups excluding tert-OH is 1. The molecule has 0 fully saturated rings. The number of nitrogens with one attached hydrogen (secondary N) is 1. The highest BCUT2D eigenvalue weighted by molar-refractivity contribution is 5.85. The van der Waals surface area contributed by atoms with E-state index in [4.69, 9.17) is 5.73 Å². The first-order chi connectivity index (χ1) is 8.59. The fourth-order valence-electron chi connectivity index (χ4n) is 2.04. The first-order valence-corrected chi connectivity index (χ1v) is 6.85. The summed E-state index contributed by atoms with van der Waals surface area (Å²) in [4.78, 5) is 23.6. The zero-order valence-electron chi connectivity index (χ0n) is 12.7. The molecule has 0 aliphatic rings. The van der Waals surface area contributed by atoms with Gasteiger partial charge in [-0.25, -0.2) is 0 Å². The molecule has 0 aromatic heterocycles. The largest absolute Gasteiger partial charge is 0.391 e. The lowest BCUT2D eigenvalue weighted by Crippen LogP contribution is -2.45. The summed E-state index contributed by atoms with van der Waals surface area (Å²) in [5, 5.41) is 12.2. The van der Waals surface area contributed by atoms with Gasteiger partial charge in [-0.1, -0.05) is 34.6 Å². The minimum atomic E-state index is -0.701. The summed E-state index contributed by atoms with van der Waals surface area (Å²) in [5.41, 5.74) is 4.03. The topological polar surface area (TPSA) is 92.4 Å². The van der Waals surface area contributed by atoms with Crippen molar-refractivity contribution in [2.24, 2.45) is 16.6 Å². The van der Waals surface area contributed by atoms with Gasteiger partial charge in [-0.3, -0.25) is 9.59 Å². The van der Waals surface area contributed by atoms with Crippen molar-refractivity contribution < 1.29 is 14.7 Å². The van der Waals surface area contributed by atoms with Crippen LogP contribution < -0.4 is 11.1 Å². The van der Waals surface area contributed by atoms with Crippen LogP contribution in [0.1, 0.15) is 53.9 Å². The molecule has 19 heavy (non-hydrogen) atoms. The second-order valence-corrected chi connectivity index (χ2v) is 6.11. The van der Waals surface area contributed by atoms with Crippen LogP contribution in [0.5, 0.6) is 0 Å². The molecule has 5 nitrogen and oxygen atoms in total. The van der Waals surface area contributed by atoms with Crippen molar-refractivity contribution in [1.29, 1.82) is 0 Å². The van der Waals surface area contributed by atoms with Gasteiger partial charge in [0.1, 0.15) is 0 Å². The molecule has 2 amide bonds. The van der Waals surface area contributed by atoms with Gasteiger partial charge in [0.25, 0.3) is 0 Å². The van der Waals surface area contributed by atoms with E-state index in [-0.39, 0.29) is 18.4 Å². The number of primary amides is 1. The third kappa shape index (κ3) is 5.19. The molecular weight excluding hydrogens is 244 g/mol. The zero-order chi connectivity index (χ0) is 15.3. The molecule has 0 aromatic rings. The molecular formula is C14H28N2O3. The van der Waals surface area contributed by atoms with Gasteiger partial charge in [0.2, 0.25) is 11.8 Å². The molecule has 0 bridgehead atoms. The first-order valence-electron chi connectivity index (χ1n) is 6.85. The van der Waals surface area contributed by atoms with E-state index in [1.807, 2.05) is 13.8 Å². The van der Waals surface area contributed by atoms with Crippen LogP contribution in [0.25, 0.3) is 0 Å². The van der Waals surface area contributed by atoms with Gasteiger partial charge < -0.3 is 16.2 Å². The fraction of sp³-hybridized carbons (Fsp3) is 0.857. The Labute approximate surface area is 115 Å². The standard InChI is InChI=1S/C14H28N2O3/c1-6-10(17)8-16-12(19)13(3,4)9-14(5,7-2)11(15)18/h10,17H,6-9H2,1-5H3,(H2,15,18)(H,16,19). The van der Waals surface area contributed by atoms with Crippen LogP contribution in [-0.4, -0.2) is 29.6 Å². The van der Waals surface area contributed by atoms with Gasteiger partial charge in [-0.05, 0) is 19.3 Å². The van der Waals surface area contributed by atoms with E-state index in [1.165, 1.54) is 0 Å². The Hall–Kier alpha value is -1.10. The highest BCUT2D eigenvalue weighted by Gasteiger charge is 2.39. The maximum absolute atomic E-state index is 12.1. The van der Waals surface area contributed by atoms with Crippen molar-refractivity contribution in [3.05, 3.63) is 0 Å². The van der Waals surface area contributed by atoms with E-state index in [2.05, 4.69) is 5.32 Å². The second kappa shape index (κ2) is 6.89. The Morgan fingerprint density at radius 1 is 1.26 bits per heavy atom. The highest BCUT2D eigenvalue weighted by Crippen LogP contribution is 2.36. The van der Waals surface area contributed by atoms with Crippen molar-refractivity contribution in [2.45, 2.75) is 60.0 Å². The molecule has 112 valence electrons. The lowest BCUT2D eigenvalue weighted by atomic mass is 9.71. The molecule has 5 heteroatoms. The average molecular weight is 272 g/mol. The average Bonchev–Trinajstić information content (AvgIpc) is 2.34. The van der Waals surface area contributed by atoms with Crippen LogP contribution in [0.2, 0.25) is 0 Å². The van der Waals surface area contributed by atoms with Crippen LogP contribution >= 0.6 is 0 Å². The minimum absolute atomic E-state index is 0.166. The summed E-state index contributed by atoms with van der Waals surface area (Å²) in [6.07, 6.45) is 1.04. The first kappa shape index (κ1) is 17.9. The molecule has 2 unspecified atom stereocenters. The summed E-state index contributed by atoms with van der Waals surface area (Å²) in [5.74, 6) is -0.551. The van der Waals surface area contributed by atoms with E-state index in [9.17, 15) is 14.7 Å². The van der Waals surface area contributed by atoms with Gasteiger partial charge in [0, 0.05) is 17.4 Å². The molecule has 0 spiro atoms. The van der Waals surface area contributed by atoms with Crippen molar-refractivity contribution in [1.82, 2.24) is 5.32 Å². The van der Waals surface area contributed by atoms with Crippen molar-refractivity contribution >= 4 is 11.8 Å². The van der Waals surface area contributed by atoms with Crippen LogP contribution in [0.3, 0.4) is 0 Å². The molecule has 0 saturated carbocycles. The predicted octanol–water partition coefficient (Wildman–Crippen LogP) is 1.19. The SMILES string of the molecule is CCC(O)CNC(=O)C(C)(C)CC(C)(CC)C(N)=O. The summed E-state index contributed by atoms with van der Waals surface area (Å²) in [6.45, 7) is 9.33. The summed E-state index contributed by atoms with van der Waals surface area (Å²) in [6, 6.07) is 0. The quantitative estimate of drug-likeness (QED) is 0.619. The summed E-state index contributed by atoms with van der Waals surface area (Å²) < 4.78 is 0. The lowest BCUT2D eigenvalue weighted by molar-refractivity contribution is -0.135. The van der Waals surface area contributed by atoms with Gasteiger partial charge in [0.05, 0.1) is 6.10 Å². The zero-order valence-corrected chi connectivity index (χ0v) is 12.7. The Morgan fingerprint density at radius 2 is 1.79 bits per heavy atom. The number of hydrogen-bond acceptors (Lipinski definition) is 3. The number of carbonyl (C=O) groups is 2. The third-order valence-corrected chi connectivity index (χ3v) is 3.79. The molecule has 0 heterocycles. The maximum atomic E-state index is 12.1. The van der Waals surface area contributed by atoms with Gasteiger partial charge in [-0.15, -0.1) is 0 Å². The number of aliphatic hydroxyl groups is 1. The molecule has 4 N–H and O–H groups in total. The monoisotopic (exact) mass is 272 g/mol. The van der Waals surface area contributed by atoms with E-state index >= 15 is 0 Å². The Bertz CT molecular complexity index is 329. The molecule has 0 saturated heterocycles. The summed E-state index contributed by atoms with van der Waals surface area (Å²) >= 11 is 0. The predicted molar refractivity (Wildman–Crippen MR) is 75.3 cm³/mol. The van der Waals surface area contributed by atoms with E-state index in [0.29, 0.717) is 19.3 Å². The molecule has 0 radical (unpaired) electrons. The van der Waals surface area contributed by atoms with E-state index in [0.717, 1.165) is 0 Å². The maximum Gasteiger partial charge on any atom is 0.225 e. The Kier molecular flexibility index (Phi) is 6.49. The number of rotatable bonds is 8. The van der Waals surface area contributed by atoms with Gasteiger partial charge >= 0.3 is 0 Å². The summed E-state index contributed by atoms with van der Waals surface area (Å²) in [7, 11) is 0. The molecule has 0 aliphatic carbocycles. The smallest absolute Gasteiger partial charge is 0.225 e. The van der Waals surface area contributed by atoms with Crippen LogP contribution in [0, 0.1) is 10.8 Å². The number of carbonyl (C=O) groups excluding carboxylic acids is 2. The van der Waals surface area contributed by atoms with Crippen molar-refractivity contribution in [2.75, 3.05) is 6.54 Å². The molecule has 0 aliphatic heterocycles. The highest BCUT2D eigenvalue weighted by atomic mass is 16.3. The van der Waals surface area contributed by atoms with Crippen LogP contribution in [0.4, 0.5) is 0 Å². The third-order valence-electron chi connectivity index (χ3n) is 3.79. The fourth-order valence-corrected chi connectivity index (χ4v) is 2.04. The van der Waals surface area contributed by atoms with Crippen molar-refractivity contribution in [3.63, 3.8) is 0 Å². The normalized spacial score (nSPS) is 16.5. The number of amides is 2.